The molecule has 0 aliphatic rings. The number of hydrogen-bond donors (Lipinski definition) is 3. The molecule has 2 aromatic heterocycles. The van der Waals surface area contributed by atoms with E-state index in [1.807, 2.05) is 23.6 Å². The SMILES string of the molecule is NCCCCc1c(-c2nccs2)[nH]c2ccc(CC(=O)O)cc12. The van der Waals surface area contributed by atoms with Crippen molar-refractivity contribution < 1.29 is 9.90 Å². The van der Waals surface area contributed by atoms with Crippen molar-refractivity contribution in [2.75, 3.05) is 6.54 Å². The normalized spacial score (nSPS) is 11.2. The fourth-order valence-corrected chi connectivity index (χ4v) is 3.48. The standard InChI is InChI=1S/C17H19N3O2S/c18-6-2-1-3-12-13-9-11(10-15(21)22)4-5-14(13)20-16(12)17-19-7-8-23-17/h4-5,7-9,20H,1-3,6,10,18H2,(H,21,22). The van der Waals surface area contributed by atoms with Crippen molar-refractivity contribution in [1.29, 1.82) is 0 Å². The van der Waals surface area contributed by atoms with Gasteiger partial charge in [0.15, 0.2) is 0 Å². The second-order valence-electron chi connectivity index (χ2n) is 5.51. The van der Waals surface area contributed by atoms with Gasteiger partial charge in [0.1, 0.15) is 5.01 Å². The fourth-order valence-electron chi connectivity index (χ4n) is 2.81. The number of aliphatic carboxylic acids is 1. The second kappa shape index (κ2) is 6.93. The molecule has 0 radical (unpaired) electrons. The molecule has 0 aliphatic carbocycles. The summed E-state index contributed by atoms with van der Waals surface area (Å²) in [7, 11) is 0. The van der Waals surface area contributed by atoms with Crippen LogP contribution in [-0.2, 0) is 17.6 Å². The summed E-state index contributed by atoms with van der Waals surface area (Å²) in [4.78, 5) is 18.8. The fraction of sp³-hybridized carbons (Fsp3) is 0.294. The third-order valence-electron chi connectivity index (χ3n) is 3.85. The van der Waals surface area contributed by atoms with Crippen molar-refractivity contribution in [3.05, 3.63) is 40.9 Å². The number of carbonyl (C=O) groups is 1. The first-order chi connectivity index (χ1) is 11.2. The number of fused-ring (bicyclic) bond motifs is 1. The Hall–Kier alpha value is -2.18. The van der Waals surface area contributed by atoms with Crippen molar-refractivity contribution in [2.24, 2.45) is 5.73 Å². The van der Waals surface area contributed by atoms with Gasteiger partial charge < -0.3 is 15.8 Å². The smallest absolute Gasteiger partial charge is 0.307 e. The number of H-pyrrole nitrogens is 1. The molecule has 0 spiro atoms. The monoisotopic (exact) mass is 329 g/mol. The number of aromatic nitrogens is 2. The van der Waals surface area contributed by atoms with E-state index in [1.165, 1.54) is 5.56 Å². The molecular weight excluding hydrogens is 310 g/mol. The number of rotatable bonds is 7. The minimum atomic E-state index is -0.815. The molecular formula is C17H19N3O2S. The average Bonchev–Trinajstić information content (AvgIpc) is 3.14. The van der Waals surface area contributed by atoms with E-state index in [0.29, 0.717) is 6.54 Å². The molecule has 0 bridgehead atoms. The number of carboxylic acids is 1. The molecule has 120 valence electrons. The largest absolute Gasteiger partial charge is 0.481 e. The highest BCUT2D eigenvalue weighted by Crippen LogP contribution is 2.33. The number of unbranched alkanes of at least 4 members (excludes halogenated alkanes) is 1. The van der Waals surface area contributed by atoms with Crippen molar-refractivity contribution in [3.63, 3.8) is 0 Å². The number of benzene rings is 1. The second-order valence-corrected chi connectivity index (χ2v) is 6.41. The van der Waals surface area contributed by atoms with E-state index in [2.05, 4.69) is 9.97 Å². The van der Waals surface area contributed by atoms with Crippen molar-refractivity contribution in [2.45, 2.75) is 25.7 Å². The van der Waals surface area contributed by atoms with Gasteiger partial charge >= 0.3 is 5.97 Å². The number of hydrogen-bond acceptors (Lipinski definition) is 4. The summed E-state index contributed by atoms with van der Waals surface area (Å²) in [5, 5.41) is 13.0. The number of thiazole rings is 1. The third kappa shape index (κ3) is 3.43. The van der Waals surface area contributed by atoms with Gasteiger partial charge in [-0.05, 0) is 49.1 Å². The summed E-state index contributed by atoms with van der Waals surface area (Å²) in [5.74, 6) is -0.815. The molecule has 6 heteroatoms. The van der Waals surface area contributed by atoms with Gasteiger partial charge in [-0.1, -0.05) is 6.07 Å². The van der Waals surface area contributed by atoms with Gasteiger partial charge in [0.25, 0.3) is 0 Å². The molecule has 0 unspecified atom stereocenters. The number of nitrogens with one attached hydrogen (secondary N) is 1. The Balaban J connectivity index is 2.06. The van der Waals surface area contributed by atoms with Crippen LogP contribution in [-0.4, -0.2) is 27.6 Å². The molecule has 23 heavy (non-hydrogen) atoms. The maximum Gasteiger partial charge on any atom is 0.307 e. The molecule has 0 atom stereocenters. The Labute approximate surface area is 138 Å². The van der Waals surface area contributed by atoms with Crippen LogP contribution in [0.25, 0.3) is 21.6 Å². The van der Waals surface area contributed by atoms with Gasteiger partial charge in [0, 0.05) is 22.5 Å². The number of nitrogens with two attached hydrogens (primary N) is 1. The van der Waals surface area contributed by atoms with Crippen LogP contribution in [0.15, 0.2) is 29.8 Å². The van der Waals surface area contributed by atoms with Gasteiger partial charge in [0.2, 0.25) is 0 Å². The Bertz CT molecular complexity index is 809. The predicted molar refractivity (Wildman–Crippen MR) is 92.7 cm³/mol. The molecule has 0 amide bonds. The minimum Gasteiger partial charge on any atom is -0.481 e. The average molecular weight is 329 g/mol. The molecule has 4 N–H and O–H groups in total. The van der Waals surface area contributed by atoms with Gasteiger partial charge in [-0.3, -0.25) is 4.79 Å². The van der Waals surface area contributed by atoms with Crippen LogP contribution in [0.3, 0.4) is 0 Å². The zero-order valence-electron chi connectivity index (χ0n) is 12.7. The van der Waals surface area contributed by atoms with Crippen molar-refractivity contribution in [3.8, 4) is 10.7 Å². The molecule has 1 aromatic carbocycles. The van der Waals surface area contributed by atoms with Gasteiger partial charge in [-0.15, -0.1) is 11.3 Å². The van der Waals surface area contributed by atoms with E-state index >= 15 is 0 Å². The number of nitrogens with zero attached hydrogens (tertiary/aromatic N) is 1. The minimum absolute atomic E-state index is 0.0376. The maximum absolute atomic E-state index is 11.0. The summed E-state index contributed by atoms with van der Waals surface area (Å²) >= 11 is 1.60. The van der Waals surface area contributed by atoms with E-state index in [1.54, 1.807) is 17.5 Å². The summed E-state index contributed by atoms with van der Waals surface area (Å²) in [6.07, 6.45) is 4.72. The first-order valence-electron chi connectivity index (χ1n) is 7.64. The maximum atomic E-state index is 11.0. The van der Waals surface area contributed by atoms with E-state index < -0.39 is 5.97 Å². The van der Waals surface area contributed by atoms with Gasteiger partial charge in [-0.2, -0.15) is 0 Å². The van der Waals surface area contributed by atoms with Crippen LogP contribution in [0.5, 0.6) is 0 Å². The summed E-state index contributed by atoms with van der Waals surface area (Å²) in [5.41, 5.74) is 9.69. The van der Waals surface area contributed by atoms with Crippen LogP contribution in [0.1, 0.15) is 24.0 Å². The lowest BCUT2D eigenvalue weighted by atomic mass is 10.0. The summed E-state index contributed by atoms with van der Waals surface area (Å²) in [6.45, 7) is 0.680. The lowest BCUT2D eigenvalue weighted by molar-refractivity contribution is -0.136. The third-order valence-corrected chi connectivity index (χ3v) is 4.64. The number of aromatic amines is 1. The molecule has 5 nitrogen and oxygen atoms in total. The summed E-state index contributed by atoms with van der Waals surface area (Å²) in [6, 6.07) is 5.80. The zero-order chi connectivity index (χ0) is 16.2. The van der Waals surface area contributed by atoms with E-state index in [4.69, 9.17) is 10.8 Å². The van der Waals surface area contributed by atoms with Crippen molar-refractivity contribution in [1.82, 2.24) is 9.97 Å². The zero-order valence-corrected chi connectivity index (χ0v) is 13.5. The highest BCUT2D eigenvalue weighted by molar-refractivity contribution is 7.13. The molecule has 0 saturated heterocycles. The molecule has 0 saturated carbocycles. The van der Waals surface area contributed by atoms with Gasteiger partial charge in [0.05, 0.1) is 12.1 Å². The summed E-state index contributed by atoms with van der Waals surface area (Å²) < 4.78 is 0. The lowest BCUT2D eigenvalue weighted by Gasteiger charge is -2.03. The Morgan fingerprint density at radius 3 is 2.91 bits per heavy atom. The van der Waals surface area contributed by atoms with Crippen LogP contribution < -0.4 is 5.73 Å². The first-order valence-corrected chi connectivity index (χ1v) is 8.52. The number of aryl methyl sites for hydroxylation is 1. The molecule has 3 aromatic rings. The predicted octanol–water partition coefficient (Wildman–Crippen LogP) is 3.20. The van der Waals surface area contributed by atoms with E-state index in [0.717, 1.165) is 46.4 Å². The molecule has 2 heterocycles. The van der Waals surface area contributed by atoms with Gasteiger partial charge in [-0.25, -0.2) is 4.98 Å². The van der Waals surface area contributed by atoms with Crippen LogP contribution in [0.4, 0.5) is 0 Å². The topological polar surface area (TPSA) is 92.0 Å². The Morgan fingerprint density at radius 1 is 1.35 bits per heavy atom. The van der Waals surface area contributed by atoms with E-state index in [9.17, 15) is 4.79 Å². The lowest BCUT2D eigenvalue weighted by Crippen LogP contribution is -2.00. The Morgan fingerprint density at radius 2 is 2.22 bits per heavy atom. The quantitative estimate of drug-likeness (QED) is 0.580. The Kier molecular flexibility index (Phi) is 4.73. The van der Waals surface area contributed by atoms with Crippen LogP contribution in [0.2, 0.25) is 0 Å². The number of carboxylic acid groups (broad SMARTS) is 1. The van der Waals surface area contributed by atoms with Crippen LogP contribution in [0, 0.1) is 0 Å². The highest BCUT2D eigenvalue weighted by atomic mass is 32.1. The highest BCUT2D eigenvalue weighted by Gasteiger charge is 2.15. The van der Waals surface area contributed by atoms with Crippen LogP contribution >= 0.6 is 11.3 Å². The molecule has 3 rings (SSSR count). The first kappa shape index (κ1) is 15.7. The van der Waals surface area contributed by atoms with E-state index in [-0.39, 0.29) is 6.42 Å². The van der Waals surface area contributed by atoms with Crippen molar-refractivity contribution >= 4 is 28.2 Å². The molecule has 0 fully saturated rings. The molecule has 0 aliphatic heterocycles.